The first-order chi connectivity index (χ1) is 8.49. The second-order valence-corrected chi connectivity index (χ2v) is 4.21. The molecule has 0 spiro atoms. The van der Waals surface area contributed by atoms with Crippen molar-refractivity contribution < 1.29 is 14.7 Å². The molecule has 0 aromatic carbocycles. The quantitative estimate of drug-likeness (QED) is 0.697. The van der Waals surface area contributed by atoms with E-state index in [0.29, 0.717) is 18.8 Å². The number of nitrogens with zero attached hydrogens (tertiary/aromatic N) is 2. The standard InChI is InChI=1S/C11H14N4O3/c1-15-3-2-8(10(15)16)14-9-7(12)4-6(5-13-9)11(17)18/h4-5,8H,2-3,12H2,1H3,(H,13,14)(H,17,18). The van der Waals surface area contributed by atoms with Crippen molar-refractivity contribution in [1.29, 1.82) is 0 Å². The molecule has 7 nitrogen and oxygen atoms in total. The lowest BCUT2D eigenvalue weighted by Gasteiger charge is -2.14. The first kappa shape index (κ1) is 12.2. The van der Waals surface area contributed by atoms with Gasteiger partial charge >= 0.3 is 5.97 Å². The molecule has 1 atom stereocenters. The molecule has 0 aliphatic carbocycles. The molecule has 2 heterocycles. The number of pyridine rings is 1. The van der Waals surface area contributed by atoms with E-state index in [0.717, 1.165) is 0 Å². The van der Waals surface area contributed by atoms with Crippen molar-refractivity contribution in [2.24, 2.45) is 0 Å². The zero-order chi connectivity index (χ0) is 13.3. The Bertz CT molecular complexity index is 503. The Hall–Kier alpha value is -2.31. The van der Waals surface area contributed by atoms with Crippen LogP contribution in [-0.4, -0.2) is 46.5 Å². The van der Waals surface area contributed by atoms with Crippen LogP contribution in [0.15, 0.2) is 12.3 Å². The number of anilines is 2. The van der Waals surface area contributed by atoms with E-state index in [4.69, 9.17) is 10.8 Å². The third-order valence-electron chi connectivity index (χ3n) is 2.90. The van der Waals surface area contributed by atoms with E-state index in [2.05, 4.69) is 10.3 Å². The van der Waals surface area contributed by atoms with Crippen LogP contribution in [0, 0.1) is 0 Å². The zero-order valence-corrected chi connectivity index (χ0v) is 9.88. The van der Waals surface area contributed by atoms with Gasteiger partial charge in [-0.2, -0.15) is 0 Å². The maximum Gasteiger partial charge on any atom is 0.337 e. The van der Waals surface area contributed by atoms with Crippen molar-refractivity contribution in [3.63, 3.8) is 0 Å². The Morgan fingerprint density at radius 3 is 2.89 bits per heavy atom. The topological polar surface area (TPSA) is 109 Å². The van der Waals surface area contributed by atoms with Crippen LogP contribution in [-0.2, 0) is 4.79 Å². The fourth-order valence-electron chi connectivity index (χ4n) is 1.84. The highest BCUT2D eigenvalue weighted by Gasteiger charge is 2.29. The molecule has 1 saturated heterocycles. The van der Waals surface area contributed by atoms with Gasteiger partial charge in [0.2, 0.25) is 5.91 Å². The van der Waals surface area contributed by atoms with Gasteiger partial charge in [0.1, 0.15) is 11.9 Å². The van der Waals surface area contributed by atoms with E-state index in [-0.39, 0.29) is 23.2 Å². The number of hydrogen-bond donors (Lipinski definition) is 3. The number of aromatic nitrogens is 1. The van der Waals surface area contributed by atoms with Crippen molar-refractivity contribution in [3.8, 4) is 0 Å². The number of carboxylic acids is 1. The Morgan fingerprint density at radius 1 is 1.67 bits per heavy atom. The highest BCUT2D eigenvalue weighted by atomic mass is 16.4. The van der Waals surface area contributed by atoms with E-state index >= 15 is 0 Å². The minimum Gasteiger partial charge on any atom is -0.478 e. The van der Waals surface area contributed by atoms with E-state index in [9.17, 15) is 9.59 Å². The first-order valence-corrected chi connectivity index (χ1v) is 5.49. The molecule has 1 aliphatic rings. The average Bonchev–Trinajstić information content (AvgIpc) is 2.63. The number of nitrogens with one attached hydrogen (secondary N) is 1. The van der Waals surface area contributed by atoms with E-state index in [1.807, 2.05) is 0 Å². The minimum absolute atomic E-state index is 0.0153. The number of rotatable bonds is 3. The number of carbonyl (C=O) groups is 2. The fraction of sp³-hybridized carbons (Fsp3) is 0.364. The van der Waals surface area contributed by atoms with Gasteiger partial charge in [0.25, 0.3) is 0 Å². The largest absolute Gasteiger partial charge is 0.478 e. The lowest BCUT2D eigenvalue weighted by Crippen LogP contribution is -2.31. The summed E-state index contributed by atoms with van der Waals surface area (Å²) in [6.45, 7) is 0.684. The SMILES string of the molecule is CN1CCC(Nc2ncc(C(=O)O)cc2N)C1=O. The Kier molecular flexibility index (Phi) is 3.05. The van der Waals surface area contributed by atoms with E-state index in [1.54, 1.807) is 11.9 Å². The van der Waals surface area contributed by atoms with Gasteiger partial charge in [-0.3, -0.25) is 4.79 Å². The van der Waals surface area contributed by atoms with Gasteiger partial charge in [0, 0.05) is 19.8 Å². The maximum atomic E-state index is 11.7. The first-order valence-electron chi connectivity index (χ1n) is 5.49. The summed E-state index contributed by atoms with van der Waals surface area (Å²) in [5.74, 6) is -0.760. The second-order valence-electron chi connectivity index (χ2n) is 4.21. The highest BCUT2D eigenvalue weighted by molar-refractivity contribution is 5.90. The van der Waals surface area contributed by atoms with Gasteiger partial charge in [0.05, 0.1) is 11.3 Å². The number of carboxylic acid groups (broad SMARTS) is 1. The van der Waals surface area contributed by atoms with Crippen molar-refractivity contribution >= 4 is 23.4 Å². The van der Waals surface area contributed by atoms with Gasteiger partial charge < -0.3 is 21.1 Å². The number of nitrogens with two attached hydrogens (primary N) is 1. The number of likely N-dealkylation sites (tertiary alicyclic amines) is 1. The second kappa shape index (κ2) is 4.52. The van der Waals surface area contributed by atoms with E-state index < -0.39 is 5.97 Å². The van der Waals surface area contributed by atoms with Crippen LogP contribution in [0.1, 0.15) is 16.8 Å². The van der Waals surface area contributed by atoms with Crippen LogP contribution in [0.4, 0.5) is 11.5 Å². The lowest BCUT2D eigenvalue weighted by atomic mass is 10.2. The Morgan fingerprint density at radius 2 is 2.39 bits per heavy atom. The summed E-state index contributed by atoms with van der Waals surface area (Å²) in [5, 5.41) is 11.7. The van der Waals surface area contributed by atoms with Crippen molar-refractivity contribution in [2.75, 3.05) is 24.6 Å². The lowest BCUT2D eigenvalue weighted by molar-refractivity contribution is -0.127. The van der Waals surface area contributed by atoms with Gasteiger partial charge in [-0.1, -0.05) is 0 Å². The van der Waals surface area contributed by atoms with Crippen LogP contribution in [0.3, 0.4) is 0 Å². The molecule has 18 heavy (non-hydrogen) atoms. The third kappa shape index (κ3) is 2.20. The molecule has 7 heteroatoms. The molecule has 1 amide bonds. The van der Waals surface area contributed by atoms with Crippen LogP contribution in [0.2, 0.25) is 0 Å². The number of nitrogen functional groups attached to an aromatic ring is 1. The van der Waals surface area contributed by atoms with Gasteiger partial charge in [0.15, 0.2) is 0 Å². The van der Waals surface area contributed by atoms with Crippen molar-refractivity contribution in [3.05, 3.63) is 17.8 Å². The summed E-state index contributed by atoms with van der Waals surface area (Å²) < 4.78 is 0. The van der Waals surface area contributed by atoms with Crippen molar-refractivity contribution in [2.45, 2.75) is 12.5 Å². The van der Waals surface area contributed by atoms with Crippen LogP contribution >= 0.6 is 0 Å². The summed E-state index contributed by atoms with van der Waals surface area (Å²) in [6.07, 6.45) is 1.89. The smallest absolute Gasteiger partial charge is 0.337 e. The van der Waals surface area contributed by atoms with Crippen LogP contribution < -0.4 is 11.1 Å². The molecule has 1 unspecified atom stereocenters. The zero-order valence-electron chi connectivity index (χ0n) is 9.88. The van der Waals surface area contributed by atoms with Gasteiger partial charge in [-0.25, -0.2) is 9.78 Å². The Balaban J connectivity index is 2.15. The van der Waals surface area contributed by atoms with Gasteiger partial charge in [-0.05, 0) is 12.5 Å². The summed E-state index contributed by atoms with van der Waals surface area (Å²) >= 11 is 0. The molecule has 0 radical (unpaired) electrons. The summed E-state index contributed by atoms with van der Waals surface area (Å²) in [5.41, 5.74) is 5.95. The van der Waals surface area contributed by atoms with Crippen LogP contribution in [0.25, 0.3) is 0 Å². The minimum atomic E-state index is -1.09. The average molecular weight is 250 g/mol. The summed E-state index contributed by atoms with van der Waals surface area (Å²) in [4.78, 5) is 28.0. The highest BCUT2D eigenvalue weighted by Crippen LogP contribution is 2.20. The molecule has 1 aromatic rings. The predicted molar refractivity (Wildman–Crippen MR) is 65.3 cm³/mol. The molecular formula is C11H14N4O3. The van der Waals surface area contributed by atoms with Crippen LogP contribution in [0.5, 0.6) is 0 Å². The predicted octanol–water partition coefficient (Wildman–Crippen LogP) is 0.00460. The molecule has 2 rings (SSSR count). The number of carbonyl (C=O) groups excluding carboxylic acids is 1. The molecule has 1 aliphatic heterocycles. The summed E-state index contributed by atoms with van der Waals surface area (Å²) in [7, 11) is 1.73. The molecule has 96 valence electrons. The normalized spacial score (nSPS) is 19.1. The molecule has 1 fully saturated rings. The third-order valence-corrected chi connectivity index (χ3v) is 2.90. The fourth-order valence-corrected chi connectivity index (χ4v) is 1.84. The van der Waals surface area contributed by atoms with E-state index in [1.165, 1.54) is 12.3 Å². The summed E-state index contributed by atoms with van der Waals surface area (Å²) in [6, 6.07) is 0.973. The number of aromatic carboxylic acids is 1. The molecule has 0 bridgehead atoms. The molecule has 0 saturated carbocycles. The van der Waals surface area contributed by atoms with Gasteiger partial charge in [-0.15, -0.1) is 0 Å². The number of amides is 1. The molecule has 4 N–H and O–H groups in total. The monoisotopic (exact) mass is 250 g/mol. The Labute approximate surface area is 104 Å². The number of likely N-dealkylation sites (N-methyl/N-ethyl adjacent to an activating group) is 1. The van der Waals surface area contributed by atoms with Crippen molar-refractivity contribution in [1.82, 2.24) is 9.88 Å². The molecular weight excluding hydrogens is 236 g/mol. The molecule has 1 aromatic heterocycles. The number of hydrogen-bond acceptors (Lipinski definition) is 5. The maximum absolute atomic E-state index is 11.7.